The number of anilines is 1. The normalized spacial score (nSPS) is 11.7. The first-order valence-corrected chi connectivity index (χ1v) is 9.67. The van der Waals surface area contributed by atoms with E-state index in [0.717, 1.165) is 33.4 Å². The van der Waals surface area contributed by atoms with Crippen LogP contribution in [-0.2, 0) is 4.79 Å². The summed E-state index contributed by atoms with van der Waals surface area (Å²) in [5.41, 5.74) is 4.05. The van der Waals surface area contributed by atoms with E-state index in [2.05, 4.69) is 5.32 Å². The number of carbonyl (C=O) groups excluding carboxylic acids is 1. The van der Waals surface area contributed by atoms with Crippen molar-refractivity contribution in [3.63, 3.8) is 0 Å². The largest absolute Gasteiger partial charge is 0.493 e. The fourth-order valence-corrected chi connectivity index (χ4v) is 3.28. The standard InChI is InChI=1S/C22H21Cl2NO3/c1-5-27-20-11-21-17(13(3)14(4)28-21)10-16(20)12(2)8-22(26)25-15-6-7-18(23)19(24)9-15/h6-11H,5H2,1-4H3,(H,25,26)/b12-8+. The van der Waals surface area contributed by atoms with Gasteiger partial charge < -0.3 is 14.5 Å². The van der Waals surface area contributed by atoms with Crippen molar-refractivity contribution in [1.82, 2.24) is 0 Å². The van der Waals surface area contributed by atoms with Crippen molar-refractivity contribution in [2.24, 2.45) is 0 Å². The number of aryl methyl sites for hydroxylation is 2. The number of amides is 1. The maximum Gasteiger partial charge on any atom is 0.248 e. The number of nitrogens with one attached hydrogen (secondary N) is 1. The number of furan rings is 1. The lowest BCUT2D eigenvalue weighted by Crippen LogP contribution is -2.08. The fraction of sp³-hybridized carbons (Fsp3) is 0.227. The molecule has 2 aromatic carbocycles. The summed E-state index contributed by atoms with van der Waals surface area (Å²) in [4.78, 5) is 12.5. The lowest BCUT2D eigenvalue weighted by Gasteiger charge is -2.11. The molecule has 3 aromatic rings. The van der Waals surface area contributed by atoms with Crippen LogP contribution >= 0.6 is 23.2 Å². The Kier molecular flexibility index (Phi) is 6.01. The Labute approximate surface area is 174 Å². The van der Waals surface area contributed by atoms with Crippen molar-refractivity contribution in [1.29, 1.82) is 0 Å². The lowest BCUT2D eigenvalue weighted by molar-refractivity contribution is -0.111. The Hall–Kier alpha value is -2.43. The van der Waals surface area contributed by atoms with Gasteiger partial charge in [-0.1, -0.05) is 23.2 Å². The molecule has 0 aliphatic rings. The molecule has 0 saturated heterocycles. The molecule has 3 rings (SSSR count). The smallest absolute Gasteiger partial charge is 0.248 e. The van der Waals surface area contributed by atoms with Gasteiger partial charge in [0.25, 0.3) is 0 Å². The highest BCUT2D eigenvalue weighted by molar-refractivity contribution is 6.42. The van der Waals surface area contributed by atoms with Gasteiger partial charge in [-0.05, 0) is 63.1 Å². The molecule has 0 radical (unpaired) electrons. The molecule has 6 heteroatoms. The van der Waals surface area contributed by atoms with Crippen LogP contribution in [0.1, 0.15) is 30.7 Å². The van der Waals surface area contributed by atoms with E-state index in [1.165, 1.54) is 6.08 Å². The third-order valence-electron chi connectivity index (χ3n) is 4.54. The number of ether oxygens (including phenoxy) is 1. The monoisotopic (exact) mass is 417 g/mol. The number of halogens is 2. The second-order valence-electron chi connectivity index (χ2n) is 6.51. The summed E-state index contributed by atoms with van der Waals surface area (Å²) in [7, 11) is 0. The number of hydrogen-bond donors (Lipinski definition) is 1. The van der Waals surface area contributed by atoms with Crippen LogP contribution in [0.15, 0.2) is 40.8 Å². The predicted octanol–water partition coefficient (Wildman–Crippen LogP) is 6.80. The van der Waals surface area contributed by atoms with Crippen molar-refractivity contribution in [3.05, 3.63) is 63.3 Å². The van der Waals surface area contributed by atoms with E-state index >= 15 is 0 Å². The van der Waals surface area contributed by atoms with Crippen molar-refractivity contribution in [2.45, 2.75) is 27.7 Å². The third-order valence-corrected chi connectivity index (χ3v) is 5.28. The number of hydrogen-bond acceptors (Lipinski definition) is 3. The van der Waals surface area contributed by atoms with Crippen molar-refractivity contribution < 1.29 is 13.9 Å². The van der Waals surface area contributed by atoms with Crippen LogP contribution in [0, 0.1) is 13.8 Å². The van der Waals surface area contributed by atoms with Crippen LogP contribution < -0.4 is 10.1 Å². The molecule has 0 aliphatic carbocycles. The molecule has 0 unspecified atom stereocenters. The van der Waals surface area contributed by atoms with Gasteiger partial charge in [0.2, 0.25) is 5.91 Å². The number of benzene rings is 2. The molecule has 0 saturated carbocycles. The minimum absolute atomic E-state index is 0.265. The molecule has 4 nitrogen and oxygen atoms in total. The molecule has 0 aliphatic heterocycles. The highest BCUT2D eigenvalue weighted by Gasteiger charge is 2.15. The summed E-state index contributed by atoms with van der Waals surface area (Å²) in [6, 6.07) is 8.83. The number of carbonyl (C=O) groups is 1. The van der Waals surface area contributed by atoms with Gasteiger partial charge >= 0.3 is 0 Å². The van der Waals surface area contributed by atoms with Gasteiger partial charge in [-0.3, -0.25) is 4.79 Å². The average Bonchev–Trinajstić information content (AvgIpc) is 2.91. The van der Waals surface area contributed by atoms with E-state index in [-0.39, 0.29) is 5.91 Å². The Morgan fingerprint density at radius 1 is 1.18 bits per heavy atom. The molecule has 1 N–H and O–H groups in total. The topological polar surface area (TPSA) is 51.5 Å². The van der Waals surface area contributed by atoms with Crippen LogP contribution in [0.5, 0.6) is 5.75 Å². The highest BCUT2D eigenvalue weighted by atomic mass is 35.5. The summed E-state index contributed by atoms with van der Waals surface area (Å²) in [5.74, 6) is 1.28. The summed E-state index contributed by atoms with van der Waals surface area (Å²) < 4.78 is 11.6. The van der Waals surface area contributed by atoms with Crippen molar-refractivity contribution in [2.75, 3.05) is 11.9 Å². The summed E-state index contributed by atoms with van der Waals surface area (Å²) in [6.45, 7) is 8.26. The highest BCUT2D eigenvalue weighted by Crippen LogP contribution is 2.35. The predicted molar refractivity (Wildman–Crippen MR) is 116 cm³/mol. The van der Waals surface area contributed by atoms with Gasteiger partial charge in [-0.15, -0.1) is 0 Å². The fourth-order valence-electron chi connectivity index (χ4n) is 2.98. The van der Waals surface area contributed by atoms with E-state index in [9.17, 15) is 4.79 Å². The Bertz CT molecular complexity index is 1080. The summed E-state index contributed by atoms with van der Waals surface area (Å²) in [5, 5.41) is 4.63. The molecule has 0 atom stereocenters. The Morgan fingerprint density at radius 3 is 2.61 bits per heavy atom. The summed E-state index contributed by atoms with van der Waals surface area (Å²) >= 11 is 11.9. The van der Waals surface area contributed by atoms with E-state index in [4.69, 9.17) is 32.4 Å². The SMILES string of the molecule is CCOc1cc2oc(C)c(C)c2cc1/C(C)=C/C(=O)Nc1ccc(Cl)c(Cl)c1. The van der Waals surface area contributed by atoms with E-state index in [0.29, 0.717) is 28.1 Å². The zero-order chi connectivity index (χ0) is 20.4. The first-order chi connectivity index (χ1) is 13.3. The first kappa shape index (κ1) is 20.3. The molecule has 1 heterocycles. The lowest BCUT2D eigenvalue weighted by atomic mass is 10.0. The van der Waals surface area contributed by atoms with Gasteiger partial charge in [-0.25, -0.2) is 0 Å². The zero-order valence-corrected chi connectivity index (χ0v) is 17.7. The second-order valence-corrected chi connectivity index (χ2v) is 7.32. The molecule has 1 amide bonds. The molecule has 146 valence electrons. The number of allylic oxidation sites excluding steroid dienone is 1. The first-order valence-electron chi connectivity index (χ1n) is 8.91. The van der Waals surface area contributed by atoms with Gasteiger partial charge in [0.15, 0.2) is 0 Å². The number of rotatable bonds is 5. The molecule has 0 spiro atoms. The van der Waals surface area contributed by atoms with E-state index in [1.54, 1.807) is 18.2 Å². The van der Waals surface area contributed by atoms with Crippen LogP contribution in [0.2, 0.25) is 10.0 Å². The Balaban J connectivity index is 1.94. The Morgan fingerprint density at radius 2 is 1.93 bits per heavy atom. The third kappa shape index (κ3) is 4.18. The van der Waals surface area contributed by atoms with Gasteiger partial charge in [-0.2, -0.15) is 0 Å². The second kappa shape index (κ2) is 8.29. The zero-order valence-electron chi connectivity index (χ0n) is 16.2. The van der Waals surface area contributed by atoms with Gasteiger partial charge in [0.1, 0.15) is 17.1 Å². The maximum absolute atomic E-state index is 12.5. The number of fused-ring (bicyclic) bond motifs is 1. The van der Waals surface area contributed by atoms with Crippen LogP contribution in [0.25, 0.3) is 16.5 Å². The molecule has 1 aromatic heterocycles. The minimum atomic E-state index is -0.265. The van der Waals surface area contributed by atoms with Crippen LogP contribution in [0.4, 0.5) is 5.69 Å². The van der Waals surface area contributed by atoms with Crippen LogP contribution in [0.3, 0.4) is 0 Å². The van der Waals surface area contributed by atoms with Crippen molar-refractivity contribution >= 4 is 51.3 Å². The summed E-state index contributed by atoms with van der Waals surface area (Å²) in [6.07, 6.45) is 1.54. The molecular weight excluding hydrogens is 397 g/mol. The van der Waals surface area contributed by atoms with Crippen LogP contribution in [-0.4, -0.2) is 12.5 Å². The molecule has 0 bridgehead atoms. The van der Waals surface area contributed by atoms with Crippen molar-refractivity contribution in [3.8, 4) is 5.75 Å². The van der Waals surface area contributed by atoms with Gasteiger partial charge in [0.05, 0.1) is 16.7 Å². The van der Waals surface area contributed by atoms with Gasteiger partial charge in [0, 0.05) is 28.8 Å². The quantitative estimate of drug-likeness (QED) is 0.464. The average molecular weight is 418 g/mol. The molecular formula is C22H21Cl2NO3. The van der Waals surface area contributed by atoms with E-state index < -0.39 is 0 Å². The maximum atomic E-state index is 12.5. The van der Waals surface area contributed by atoms with E-state index in [1.807, 2.05) is 39.8 Å². The minimum Gasteiger partial charge on any atom is -0.493 e. The molecule has 0 fully saturated rings. The molecule has 28 heavy (non-hydrogen) atoms.